The summed E-state index contributed by atoms with van der Waals surface area (Å²) >= 11 is 0. The van der Waals surface area contributed by atoms with Crippen LogP contribution in [0.25, 0.3) is 0 Å². The second kappa shape index (κ2) is 5.55. The van der Waals surface area contributed by atoms with Gasteiger partial charge in [0.1, 0.15) is 0 Å². The molecule has 1 unspecified atom stereocenters. The van der Waals surface area contributed by atoms with Crippen LogP contribution in [-0.4, -0.2) is 12.6 Å². The van der Waals surface area contributed by atoms with Gasteiger partial charge in [-0.1, -0.05) is 19.3 Å². The van der Waals surface area contributed by atoms with Crippen molar-refractivity contribution in [1.82, 2.24) is 0 Å². The summed E-state index contributed by atoms with van der Waals surface area (Å²) in [6.07, 6.45) is 9.12. The molecular weight excluding hydrogens is 148 g/mol. The second-order valence-electron chi connectivity index (χ2n) is 3.99. The van der Waals surface area contributed by atoms with Crippen LogP contribution in [0.15, 0.2) is 0 Å². The minimum absolute atomic E-state index is 0.425. The highest BCUT2D eigenvalue weighted by Gasteiger charge is 2.19. The van der Waals surface area contributed by atoms with Crippen LogP contribution in [0.4, 0.5) is 0 Å². The van der Waals surface area contributed by atoms with Crippen molar-refractivity contribution in [3.8, 4) is 0 Å². The molecule has 1 atom stereocenters. The number of hydrogen-bond donors (Lipinski definition) is 2. The van der Waals surface area contributed by atoms with Crippen molar-refractivity contribution in [2.45, 2.75) is 51.0 Å². The predicted octanol–water partition coefficient (Wildman–Crippen LogP) is 1.63. The Labute approximate surface area is 75.7 Å². The maximum absolute atomic E-state index is 6.08. The standard InChI is InChI=1S/C10H22N2/c11-8-4-7-10(12)9-5-2-1-3-6-9/h9-10H,1-8,11-12H2. The van der Waals surface area contributed by atoms with Crippen molar-refractivity contribution in [2.24, 2.45) is 17.4 Å². The molecule has 2 heteroatoms. The van der Waals surface area contributed by atoms with E-state index in [4.69, 9.17) is 11.5 Å². The third-order valence-electron chi connectivity index (χ3n) is 3.00. The lowest BCUT2D eigenvalue weighted by molar-refractivity contribution is 0.292. The van der Waals surface area contributed by atoms with Gasteiger partial charge in [0.15, 0.2) is 0 Å². The molecule has 0 amide bonds. The van der Waals surface area contributed by atoms with Gasteiger partial charge in [-0.05, 0) is 38.1 Å². The van der Waals surface area contributed by atoms with Crippen LogP contribution in [0, 0.1) is 5.92 Å². The van der Waals surface area contributed by atoms with Gasteiger partial charge in [-0.25, -0.2) is 0 Å². The van der Waals surface area contributed by atoms with E-state index in [0.717, 1.165) is 25.3 Å². The Kier molecular flexibility index (Phi) is 4.62. The minimum atomic E-state index is 0.425. The zero-order chi connectivity index (χ0) is 8.81. The highest BCUT2D eigenvalue weighted by Crippen LogP contribution is 2.26. The van der Waals surface area contributed by atoms with E-state index in [2.05, 4.69) is 0 Å². The van der Waals surface area contributed by atoms with Crippen molar-refractivity contribution in [1.29, 1.82) is 0 Å². The van der Waals surface area contributed by atoms with E-state index in [1.54, 1.807) is 0 Å². The van der Waals surface area contributed by atoms with Gasteiger partial charge in [-0.3, -0.25) is 0 Å². The first kappa shape index (κ1) is 10.0. The topological polar surface area (TPSA) is 52.0 Å². The molecule has 0 aromatic carbocycles. The van der Waals surface area contributed by atoms with E-state index in [0.29, 0.717) is 6.04 Å². The Morgan fingerprint density at radius 3 is 2.42 bits per heavy atom. The average molecular weight is 170 g/mol. The smallest absolute Gasteiger partial charge is 0.00676 e. The van der Waals surface area contributed by atoms with Gasteiger partial charge in [0.2, 0.25) is 0 Å². The molecule has 72 valence electrons. The fourth-order valence-corrected chi connectivity index (χ4v) is 2.15. The van der Waals surface area contributed by atoms with Crippen LogP contribution in [-0.2, 0) is 0 Å². The fourth-order valence-electron chi connectivity index (χ4n) is 2.15. The van der Waals surface area contributed by atoms with E-state index in [1.165, 1.54) is 32.1 Å². The largest absolute Gasteiger partial charge is 0.330 e. The zero-order valence-electron chi connectivity index (χ0n) is 7.97. The molecule has 0 spiro atoms. The molecule has 0 heterocycles. The zero-order valence-corrected chi connectivity index (χ0v) is 7.97. The normalized spacial score (nSPS) is 22.5. The summed E-state index contributed by atoms with van der Waals surface area (Å²) in [5.74, 6) is 0.797. The van der Waals surface area contributed by atoms with Crippen LogP contribution < -0.4 is 11.5 Å². The SMILES string of the molecule is NCCCC(N)C1CCCCC1. The van der Waals surface area contributed by atoms with E-state index in [-0.39, 0.29) is 0 Å². The van der Waals surface area contributed by atoms with Crippen molar-refractivity contribution >= 4 is 0 Å². The van der Waals surface area contributed by atoms with Crippen LogP contribution >= 0.6 is 0 Å². The third kappa shape index (κ3) is 3.11. The quantitative estimate of drug-likeness (QED) is 0.674. The molecule has 1 saturated carbocycles. The van der Waals surface area contributed by atoms with E-state index in [1.807, 2.05) is 0 Å². The summed E-state index contributed by atoms with van der Waals surface area (Å²) in [5.41, 5.74) is 11.5. The first-order valence-electron chi connectivity index (χ1n) is 5.30. The average Bonchev–Trinajstić information content (AvgIpc) is 2.15. The van der Waals surface area contributed by atoms with Gasteiger partial charge in [-0.2, -0.15) is 0 Å². The Balaban J connectivity index is 2.15. The Morgan fingerprint density at radius 1 is 1.17 bits per heavy atom. The summed E-state index contributed by atoms with van der Waals surface area (Å²) in [6.45, 7) is 0.792. The first-order chi connectivity index (χ1) is 5.84. The van der Waals surface area contributed by atoms with Crippen LogP contribution in [0.1, 0.15) is 44.9 Å². The van der Waals surface area contributed by atoms with Gasteiger partial charge in [-0.15, -0.1) is 0 Å². The highest BCUT2D eigenvalue weighted by atomic mass is 14.7. The molecule has 1 rings (SSSR count). The molecule has 0 aromatic rings. The summed E-state index contributed by atoms with van der Waals surface area (Å²) in [7, 11) is 0. The van der Waals surface area contributed by atoms with Crippen LogP contribution in [0.5, 0.6) is 0 Å². The Hall–Kier alpha value is -0.0800. The van der Waals surface area contributed by atoms with Gasteiger partial charge in [0.25, 0.3) is 0 Å². The monoisotopic (exact) mass is 170 g/mol. The van der Waals surface area contributed by atoms with Crippen LogP contribution in [0.3, 0.4) is 0 Å². The van der Waals surface area contributed by atoms with Gasteiger partial charge in [0.05, 0.1) is 0 Å². The van der Waals surface area contributed by atoms with Crippen molar-refractivity contribution in [2.75, 3.05) is 6.54 Å². The van der Waals surface area contributed by atoms with Gasteiger partial charge >= 0.3 is 0 Å². The number of hydrogen-bond acceptors (Lipinski definition) is 2. The molecule has 12 heavy (non-hydrogen) atoms. The number of rotatable bonds is 4. The molecule has 1 aliphatic rings. The second-order valence-corrected chi connectivity index (χ2v) is 3.99. The molecule has 0 saturated heterocycles. The molecule has 0 aromatic heterocycles. The molecule has 1 fully saturated rings. The lowest BCUT2D eigenvalue weighted by Crippen LogP contribution is -2.32. The molecule has 1 aliphatic carbocycles. The molecular formula is C10H22N2. The molecule has 0 bridgehead atoms. The summed E-state index contributed by atoms with van der Waals surface area (Å²) in [6, 6.07) is 0.425. The van der Waals surface area contributed by atoms with Gasteiger partial charge < -0.3 is 11.5 Å². The van der Waals surface area contributed by atoms with Crippen molar-refractivity contribution in [3.63, 3.8) is 0 Å². The fraction of sp³-hybridized carbons (Fsp3) is 1.00. The van der Waals surface area contributed by atoms with E-state index < -0.39 is 0 Å². The molecule has 0 aliphatic heterocycles. The Morgan fingerprint density at radius 2 is 1.83 bits per heavy atom. The highest BCUT2D eigenvalue weighted by molar-refractivity contribution is 4.76. The van der Waals surface area contributed by atoms with Gasteiger partial charge in [0, 0.05) is 6.04 Å². The van der Waals surface area contributed by atoms with Crippen molar-refractivity contribution in [3.05, 3.63) is 0 Å². The third-order valence-corrected chi connectivity index (χ3v) is 3.00. The van der Waals surface area contributed by atoms with E-state index in [9.17, 15) is 0 Å². The molecule has 0 radical (unpaired) electrons. The summed E-state index contributed by atoms with van der Waals surface area (Å²) in [5, 5.41) is 0. The number of nitrogens with two attached hydrogens (primary N) is 2. The lowest BCUT2D eigenvalue weighted by atomic mass is 9.83. The van der Waals surface area contributed by atoms with E-state index >= 15 is 0 Å². The summed E-state index contributed by atoms with van der Waals surface area (Å²) < 4.78 is 0. The van der Waals surface area contributed by atoms with Crippen molar-refractivity contribution < 1.29 is 0 Å². The minimum Gasteiger partial charge on any atom is -0.330 e. The first-order valence-corrected chi connectivity index (χ1v) is 5.30. The molecule has 4 N–H and O–H groups in total. The predicted molar refractivity (Wildman–Crippen MR) is 52.8 cm³/mol. The Bertz CT molecular complexity index is 108. The van der Waals surface area contributed by atoms with Crippen LogP contribution in [0.2, 0.25) is 0 Å². The molecule has 2 nitrogen and oxygen atoms in total. The summed E-state index contributed by atoms with van der Waals surface area (Å²) in [4.78, 5) is 0. The lowest BCUT2D eigenvalue weighted by Gasteiger charge is -2.27. The maximum Gasteiger partial charge on any atom is 0.00676 e. The maximum atomic E-state index is 6.08.